The van der Waals surface area contributed by atoms with Gasteiger partial charge in [0.2, 0.25) is 0 Å². The van der Waals surface area contributed by atoms with E-state index in [9.17, 15) is 43.2 Å². The van der Waals surface area contributed by atoms with Crippen molar-refractivity contribution in [1.82, 2.24) is 0 Å². The number of aliphatic hydroxyl groups is 1. The molecule has 17 nitrogen and oxygen atoms in total. The van der Waals surface area contributed by atoms with E-state index in [1.165, 1.54) is 70.6 Å². The van der Waals surface area contributed by atoms with Gasteiger partial charge in [-0.25, -0.2) is 9.13 Å². The Morgan fingerprint density at radius 2 is 0.552 bits per heavy atom. The Hall–Kier alpha value is -3.76. The normalized spacial score (nSPS) is 14.4. The minimum absolute atomic E-state index is 0.0832. The van der Waals surface area contributed by atoms with Crippen molar-refractivity contribution in [3.8, 4) is 0 Å². The highest BCUT2D eigenvalue weighted by Crippen LogP contribution is 2.45. The van der Waals surface area contributed by atoms with E-state index >= 15 is 0 Å². The smallest absolute Gasteiger partial charge is 0.462 e. The molecule has 0 aromatic rings. The Kier molecular flexibility index (Phi) is 67.0. The summed E-state index contributed by atoms with van der Waals surface area (Å²) in [6.07, 6.45) is 70.1. The summed E-state index contributed by atoms with van der Waals surface area (Å²) in [5.74, 6) is -2.20. The summed E-state index contributed by atoms with van der Waals surface area (Å²) in [5, 5.41) is 10.6. The van der Waals surface area contributed by atoms with Crippen LogP contribution in [0, 0.1) is 0 Å². The molecule has 96 heavy (non-hydrogen) atoms. The minimum atomic E-state index is -4.97. The van der Waals surface area contributed by atoms with E-state index in [2.05, 4.69) is 113 Å². The first kappa shape index (κ1) is 92.2. The van der Waals surface area contributed by atoms with Crippen molar-refractivity contribution in [3.05, 3.63) is 85.1 Å². The Labute approximate surface area is 583 Å². The fourth-order valence-electron chi connectivity index (χ4n) is 10.0. The molecule has 5 atom stereocenters. The van der Waals surface area contributed by atoms with E-state index in [1.54, 1.807) is 0 Å². The van der Waals surface area contributed by atoms with Crippen molar-refractivity contribution < 1.29 is 80.2 Å². The largest absolute Gasteiger partial charge is 0.472 e. The predicted molar refractivity (Wildman–Crippen MR) is 390 cm³/mol. The summed E-state index contributed by atoms with van der Waals surface area (Å²) in [6.45, 7) is 4.67. The molecular weight excluding hydrogens is 1260 g/mol. The van der Waals surface area contributed by atoms with E-state index < -0.39 is 97.5 Å². The molecule has 0 fully saturated rings. The molecule has 0 saturated carbocycles. The lowest BCUT2D eigenvalue weighted by Gasteiger charge is -2.21. The molecule has 0 aliphatic carbocycles. The molecule has 0 heterocycles. The summed E-state index contributed by atoms with van der Waals surface area (Å²) < 4.78 is 68.4. The average molecular weight is 1400 g/mol. The van der Waals surface area contributed by atoms with Crippen LogP contribution in [0.4, 0.5) is 0 Å². The van der Waals surface area contributed by atoms with E-state index in [0.29, 0.717) is 25.7 Å². The molecule has 0 bridgehead atoms. The van der Waals surface area contributed by atoms with Gasteiger partial charge in [0.25, 0.3) is 0 Å². The van der Waals surface area contributed by atoms with Gasteiger partial charge in [-0.1, -0.05) is 267 Å². The molecule has 5 unspecified atom stereocenters. The van der Waals surface area contributed by atoms with E-state index in [0.717, 1.165) is 173 Å². The van der Waals surface area contributed by atoms with Gasteiger partial charge in [0.05, 0.1) is 26.4 Å². The third kappa shape index (κ3) is 68.8. The van der Waals surface area contributed by atoms with Gasteiger partial charge in [-0.2, -0.15) is 0 Å². The van der Waals surface area contributed by atoms with Crippen LogP contribution in [0.3, 0.4) is 0 Å². The van der Waals surface area contributed by atoms with Gasteiger partial charge in [0, 0.05) is 25.7 Å². The van der Waals surface area contributed by atoms with Gasteiger partial charge in [-0.05, 0) is 116 Å². The number of ether oxygens (including phenoxy) is 4. The number of carbonyl (C=O) groups excluding carboxylic acids is 4. The van der Waals surface area contributed by atoms with Crippen LogP contribution < -0.4 is 0 Å². The van der Waals surface area contributed by atoms with Crippen LogP contribution in [0.1, 0.15) is 323 Å². The lowest BCUT2D eigenvalue weighted by molar-refractivity contribution is -0.161. The Bertz CT molecular complexity index is 2160. The molecule has 19 heteroatoms. The maximum atomic E-state index is 13.1. The number of aliphatic hydroxyl groups excluding tert-OH is 1. The zero-order chi connectivity index (χ0) is 70.4. The van der Waals surface area contributed by atoms with Crippen LogP contribution in [0.25, 0.3) is 0 Å². The SMILES string of the molecule is CC/C=C\C/C=C\C/C=C\C/C=C\CCCCCCCCC(=O)OCC(COP(=O)(O)OCC(O)COP(=O)(O)OCC(COC(=O)CCCCCCC/C=C\C/C=C\CCCCC)OC(=O)CCCCCCC/C=C\CCCC)OC(=O)CCCCCCCCCCCCC. The van der Waals surface area contributed by atoms with E-state index in [1.807, 2.05) is 0 Å². The monoisotopic (exact) mass is 1390 g/mol. The summed E-state index contributed by atoms with van der Waals surface area (Å²) in [6, 6.07) is 0. The molecule has 0 aromatic carbocycles. The van der Waals surface area contributed by atoms with Gasteiger partial charge in [-0.15, -0.1) is 0 Å². The Morgan fingerprint density at radius 1 is 0.302 bits per heavy atom. The Balaban J connectivity index is 5.28. The van der Waals surface area contributed by atoms with Crippen molar-refractivity contribution >= 4 is 39.5 Å². The van der Waals surface area contributed by atoms with Crippen LogP contribution in [0.15, 0.2) is 85.1 Å². The van der Waals surface area contributed by atoms with E-state index in [-0.39, 0.29) is 25.7 Å². The van der Waals surface area contributed by atoms with Gasteiger partial charge in [0.1, 0.15) is 19.3 Å². The first-order chi connectivity index (χ1) is 46.7. The number of hydrogen-bond donors (Lipinski definition) is 3. The number of esters is 4. The van der Waals surface area contributed by atoms with Crippen molar-refractivity contribution in [2.45, 2.75) is 341 Å². The maximum Gasteiger partial charge on any atom is 0.472 e. The number of unbranched alkanes of at least 4 members (excludes halogenated alkanes) is 31. The predicted octanol–water partition coefficient (Wildman–Crippen LogP) is 21.4. The number of phosphoric ester groups is 2. The topological polar surface area (TPSA) is 237 Å². The lowest BCUT2D eigenvalue weighted by atomic mass is 10.1. The zero-order valence-electron chi connectivity index (χ0n) is 60.5. The number of hydrogen-bond acceptors (Lipinski definition) is 15. The van der Waals surface area contributed by atoms with Gasteiger partial charge in [0.15, 0.2) is 12.2 Å². The molecule has 0 rings (SSSR count). The van der Waals surface area contributed by atoms with E-state index in [4.69, 9.17) is 37.0 Å². The maximum absolute atomic E-state index is 13.1. The quantitative estimate of drug-likeness (QED) is 0.0169. The molecule has 0 radical (unpaired) electrons. The summed E-state index contributed by atoms with van der Waals surface area (Å²) >= 11 is 0. The van der Waals surface area contributed by atoms with Crippen LogP contribution in [0.2, 0.25) is 0 Å². The fourth-order valence-corrected chi connectivity index (χ4v) is 11.6. The standard InChI is InChI=1S/C77H136O17P2/c1-5-9-13-17-21-25-29-31-33-34-35-36-38-40-44-46-50-54-58-62-75(80)88-68-73(94-77(82)64-60-56-52-48-42-28-24-20-16-12-8-4)70-92-96(85,86)90-66-71(78)65-89-95(83,84)91-69-72(93-76(81)63-59-55-51-47-41-27-23-19-15-11-7-3)67-87-74(79)61-57-53-49-45-43-39-37-32-30-26-22-18-14-10-6-2/h9,13,19,21-23,25-26,31-33,35-37,71-73,78H,5-8,10-12,14-18,20,24,27-30,34,38-70H2,1-4H3,(H,83,84)(H,85,86)/b13-9-,23-19-,25-21-,26-22-,33-31-,36-35-,37-32-. The number of carbonyl (C=O) groups is 4. The molecule has 0 amide bonds. The minimum Gasteiger partial charge on any atom is -0.462 e. The highest BCUT2D eigenvalue weighted by Gasteiger charge is 2.30. The van der Waals surface area contributed by atoms with Crippen molar-refractivity contribution in [2.75, 3.05) is 39.6 Å². The molecule has 0 aromatic heterocycles. The van der Waals surface area contributed by atoms with Crippen LogP contribution in [0.5, 0.6) is 0 Å². The summed E-state index contributed by atoms with van der Waals surface area (Å²) in [4.78, 5) is 72.7. The van der Waals surface area contributed by atoms with Crippen molar-refractivity contribution in [2.24, 2.45) is 0 Å². The van der Waals surface area contributed by atoms with Crippen molar-refractivity contribution in [1.29, 1.82) is 0 Å². The van der Waals surface area contributed by atoms with Gasteiger partial charge >= 0.3 is 39.5 Å². The summed E-state index contributed by atoms with van der Waals surface area (Å²) in [5.41, 5.74) is 0. The highest BCUT2D eigenvalue weighted by molar-refractivity contribution is 7.47. The fraction of sp³-hybridized carbons (Fsp3) is 0.766. The number of allylic oxidation sites excluding steroid dienone is 14. The van der Waals surface area contributed by atoms with Gasteiger partial charge < -0.3 is 33.8 Å². The Morgan fingerprint density at radius 3 is 0.896 bits per heavy atom. The molecule has 0 spiro atoms. The zero-order valence-corrected chi connectivity index (χ0v) is 62.3. The van der Waals surface area contributed by atoms with Crippen LogP contribution >= 0.6 is 15.6 Å². The third-order valence-electron chi connectivity index (χ3n) is 15.8. The third-order valence-corrected chi connectivity index (χ3v) is 17.7. The molecule has 3 N–H and O–H groups in total. The number of rotatable bonds is 71. The first-order valence-corrected chi connectivity index (χ1v) is 40.8. The average Bonchev–Trinajstić information content (AvgIpc) is 1.15. The molecule has 0 aliphatic heterocycles. The number of phosphoric acid groups is 2. The molecule has 556 valence electrons. The first-order valence-electron chi connectivity index (χ1n) is 37.8. The van der Waals surface area contributed by atoms with Crippen molar-refractivity contribution in [3.63, 3.8) is 0 Å². The molecule has 0 saturated heterocycles. The molecular formula is C77H136O17P2. The molecule has 0 aliphatic rings. The second-order valence-electron chi connectivity index (χ2n) is 25.2. The summed E-state index contributed by atoms with van der Waals surface area (Å²) in [7, 11) is -9.94. The second-order valence-corrected chi connectivity index (χ2v) is 28.1. The highest BCUT2D eigenvalue weighted by atomic mass is 31.2. The van der Waals surface area contributed by atoms with Gasteiger partial charge in [-0.3, -0.25) is 37.3 Å². The second kappa shape index (κ2) is 69.7. The van der Waals surface area contributed by atoms with Crippen LogP contribution in [-0.4, -0.2) is 96.7 Å². The van der Waals surface area contributed by atoms with Crippen LogP contribution in [-0.2, 0) is 65.4 Å². The lowest BCUT2D eigenvalue weighted by Crippen LogP contribution is -2.30.